The first-order chi connectivity index (χ1) is 8.13. The Morgan fingerprint density at radius 3 is 2.18 bits per heavy atom. The first-order valence-electron chi connectivity index (χ1n) is 5.22. The van der Waals surface area contributed by atoms with E-state index in [2.05, 4.69) is 0 Å². The number of rotatable bonds is 2. The molecule has 0 atom stereocenters. The van der Waals surface area contributed by atoms with E-state index in [4.69, 9.17) is 4.74 Å². The largest absolute Gasteiger partial charge is 0.494 e. The molecule has 2 rings (SSSR count). The summed E-state index contributed by atoms with van der Waals surface area (Å²) in [6.07, 6.45) is 0. The summed E-state index contributed by atoms with van der Waals surface area (Å²) in [5.41, 5.74) is 2.02. The summed E-state index contributed by atoms with van der Waals surface area (Å²) in [5.74, 6) is -0.469. The van der Waals surface area contributed by atoms with E-state index < -0.39 is 0 Å². The quantitative estimate of drug-likeness (QED) is 0.764. The summed E-state index contributed by atoms with van der Waals surface area (Å²) >= 11 is 0. The molecule has 0 heterocycles. The Hall–Kier alpha value is -1.90. The molecule has 0 fully saturated rings. The number of halogens is 2. The predicted molar refractivity (Wildman–Crippen MR) is 63.1 cm³/mol. The molecule has 2 aromatic rings. The molecule has 0 bridgehead atoms. The predicted octanol–water partition coefficient (Wildman–Crippen LogP) is 3.95. The third kappa shape index (κ3) is 2.13. The summed E-state index contributed by atoms with van der Waals surface area (Å²) in [6.45, 7) is 1.68. The molecule has 3 heteroatoms. The van der Waals surface area contributed by atoms with Crippen LogP contribution in [0.3, 0.4) is 0 Å². The van der Waals surface area contributed by atoms with Gasteiger partial charge in [-0.1, -0.05) is 18.2 Å². The van der Waals surface area contributed by atoms with Crippen molar-refractivity contribution in [1.29, 1.82) is 0 Å². The Bertz CT molecular complexity index is 533. The molecule has 0 amide bonds. The van der Waals surface area contributed by atoms with Crippen molar-refractivity contribution in [2.45, 2.75) is 6.92 Å². The number of methoxy groups -OCH3 is 1. The van der Waals surface area contributed by atoms with E-state index in [0.29, 0.717) is 5.56 Å². The topological polar surface area (TPSA) is 9.23 Å². The van der Waals surface area contributed by atoms with Crippen molar-refractivity contribution < 1.29 is 13.5 Å². The fourth-order valence-electron chi connectivity index (χ4n) is 1.76. The minimum Gasteiger partial charge on any atom is -0.494 e. The minimum absolute atomic E-state index is 0.216. The monoisotopic (exact) mass is 234 g/mol. The molecule has 0 unspecified atom stereocenters. The average molecular weight is 234 g/mol. The van der Waals surface area contributed by atoms with Crippen LogP contribution in [0.5, 0.6) is 5.75 Å². The third-order valence-corrected chi connectivity index (χ3v) is 2.73. The summed E-state index contributed by atoms with van der Waals surface area (Å²) in [6, 6.07) is 9.31. The zero-order valence-corrected chi connectivity index (χ0v) is 9.63. The second kappa shape index (κ2) is 4.53. The first-order valence-corrected chi connectivity index (χ1v) is 5.22. The van der Waals surface area contributed by atoms with Crippen molar-refractivity contribution in [2.24, 2.45) is 0 Å². The SMILES string of the molecule is COc1ccc(-c2ccc(F)cc2)c(C)c1F. The second-order valence-corrected chi connectivity index (χ2v) is 3.76. The van der Waals surface area contributed by atoms with E-state index in [0.717, 1.165) is 11.1 Å². The van der Waals surface area contributed by atoms with Gasteiger partial charge in [0.2, 0.25) is 0 Å². The maximum Gasteiger partial charge on any atom is 0.168 e. The van der Waals surface area contributed by atoms with Crippen molar-refractivity contribution >= 4 is 0 Å². The molecule has 88 valence electrons. The van der Waals surface area contributed by atoms with Crippen molar-refractivity contribution in [1.82, 2.24) is 0 Å². The van der Waals surface area contributed by atoms with Gasteiger partial charge >= 0.3 is 0 Å². The molecule has 0 spiro atoms. The molecule has 0 saturated carbocycles. The highest BCUT2D eigenvalue weighted by atomic mass is 19.1. The fourth-order valence-corrected chi connectivity index (χ4v) is 1.76. The van der Waals surface area contributed by atoms with Crippen molar-refractivity contribution in [2.75, 3.05) is 7.11 Å². The van der Waals surface area contributed by atoms with E-state index in [1.54, 1.807) is 31.2 Å². The Morgan fingerprint density at radius 2 is 1.59 bits per heavy atom. The highest BCUT2D eigenvalue weighted by Gasteiger charge is 2.11. The van der Waals surface area contributed by atoms with Crippen molar-refractivity contribution in [3.8, 4) is 16.9 Å². The lowest BCUT2D eigenvalue weighted by atomic mass is 10.00. The van der Waals surface area contributed by atoms with E-state index >= 15 is 0 Å². The molecule has 1 nitrogen and oxygen atoms in total. The highest BCUT2D eigenvalue weighted by Crippen LogP contribution is 2.30. The zero-order valence-electron chi connectivity index (χ0n) is 9.63. The maximum absolute atomic E-state index is 13.8. The van der Waals surface area contributed by atoms with Crippen LogP contribution in [-0.2, 0) is 0 Å². The van der Waals surface area contributed by atoms with E-state index in [1.807, 2.05) is 0 Å². The second-order valence-electron chi connectivity index (χ2n) is 3.76. The lowest BCUT2D eigenvalue weighted by Gasteiger charge is -2.10. The maximum atomic E-state index is 13.8. The molecule has 0 aliphatic rings. The number of benzene rings is 2. The van der Waals surface area contributed by atoms with Gasteiger partial charge in [-0.3, -0.25) is 0 Å². The Labute approximate surface area is 98.7 Å². The molecule has 0 N–H and O–H groups in total. The van der Waals surface area contributed by atoms with Gasteiger partial charge in [-0.25, -0.2) is 8.78 Å². The van der Waals surface area contributed by atoms with Crippen LogP contribution in [0.15, 0.2) is 36.4 Å². The van der Waals surface area contributed by atoms with Gasteiger partial charge in [0.1, 0.15) is 5.82 Å². The Balaban J connectivity index is 2.53. The van der Waals surface area contributed by atoms with Gasteiger partial charge in [-0.15, -0.1) is 0 Å². The van der Waals surface area contributed by atoms with Crippen molar-refractivity contribution in [3.63, 3.8) is 0 Å². The third-order valence-electron chi connectivity index (χ3n) is 2.73. The van der Waals surface area contributed by atoms with Crippen LogP contribution in [0.25, 0.3) is 11.1 Å². The van der Waals surface area contributed by atoms with E-state index in [-0.39, 0.29) is 17.4 Å². The van der Waals surface area contributed by atoms with Gasteiger partial charge in [-0.2, -0.15) is 0 Å². The highest BCUT2D eigenvalue weighted by molar-refractivity contribution is 5.68. The lowest BCUT2D eigenvalue weighted by Crippen LogP contribution is -1.93. The van der Waals surface area contributed by atoms with Gasteiger partial charge in [-0.05, 0) is 41.8 Å². The van der Waals surface area contributed by atoms with Crippen LogP contribution in [0, 0.1) is 18.6 Å². The van der Waals surface area contributed by atoms with Gasteiger partial charge in [0.05, 0.1) is 7.11 Å². The van der Waals surface area contributed by atoms with Crippen LogP contribution >= 0.6 is 0 Å². The smallest absolute Gasteiger partial charge is 0.168 e. The van der Waals surface area contributed by atoms with Crippen LogP contribution in [0.1, 0.15) is 5.56 Å². The molecule has 0 aliphatic carbocycles. The standard InChI is InChI=1S/C14H12F2O/c1-9-12(7-8-13(17-2)14(9)16)10-3-5-11(15)6-4-10/h3-8H,1-2H3. The van der Waals surface area contributed by atoms with Gasteiger partial charge in [0.15, 0.2) is 11.6 Å². The van der Waals surface area contributed by atoms with Crippen LogP contribution < -0.4 is 4.74 Å². The van der Waals surface area contributed by atoms with Gasteiger partial charge in [0, 0.05) is 0 Å². The summed E-state index contributed by atoms with van der Waals surface area (Å²) in [5, 5.41) is 0. The average Bonchev–Trinajstić information content (AvgIpc) is 2.34. The minimum atomic E-state index is -0.380. The molecule has 0 aromatic heterocycles. The number of hydrogen-bond donors (Lipinski definition) is 0. The van der Waals surface area contributed by atoms with Crippen LogP contribution in [0.2, 0.25) is 0 Å². The fraction of sp³-hybridized carbons (Fsp3) is 0.143. The molecule has 17 heavy (non-hydrogen) atoms. The van der Waals surface area contributed by atoms with Gasteiger partial charge < -0.3 is 4.74 Å². The van der Waals surface area contributed by atoms with E-state index in [9.17, 15) is 8.78 Å². The summed E-state index contributed by atoms with van der Waals surface area (Å²) in [7, 11) is 1.43. The molecular formula is C14H12F2O. The zero-order chi connectivity index (χ0) is 12.4. The Morgan fingerprint density at radius 1 is 0.941 bits per heavy atom. The van der Waals surface area contributed by atoms with Gasteiger partial charge in [0.25, 0.3) is 0 Å². The molecule has 0 saturated heterocycles. The van der Waals surface area contributed by atoms with Crippen molar-refractivity contribution in [3.05, 3.63) is 53.6 Å². The summed E-state index contributed by atoms with van der Waals surface area (Å²) < 4.78 is 31.5. The lowest BCUT2D eigenvalue weighted by molar-refractivity contribution is 0.385. The van der Waals surface area contributed by atoms with E-state index in [1.165, 1.54) is 19.2 Å². The normalized spacial score (nSPS) is 10.4. The van der Waals surface area contributed by atoms with Crippen LogP contribution in [-0.4, -0.2) is 7.11 Å². The molecule has 0 radical (unpaired) electrons. The summed E-state index contributed by atoms with van der Waals surface area (Å²) in [4.78, 5) is 0. The Kier molecular flexibility index (Phi) is 3.09. The number of ether oxygens (including phenoxy) is 1. The molecule has 0 aliphatic heterocycles. The number of hydrogen-bond acceptors (Lipinski definition) is 1. The molecular weight excluding hydrogens is 222 g/mol. The first kappa shape index (κ1) is 11.6. The molecule has 2 aromatic carbocycles. The van der Waals surface area contributed by atoms with Crippen LogP contribution in [0.4, 0.5) is 8.78 Å².